The van der Waals surface area contributed by atoms with Gasteiger partial charge in [-0.05, 0) is 37.7 Å². The molecule has 0 saturated heterocycles. The number of anilines is 1. The van der Waals surface area contributed by atoms with E-state index in [0.717, 1.165) is 25.5 Å². The molecule has 1 unspecified atom stereocenters. The molecule has 0 aliphatic carbocycles. The summed E-state index contributed by atoms with van der Waals surface area (Å²) in [7, 11) is 6.09. The van der Waals surface area contributed by atoms with Crippen molar-refractivity contribution in [1.29, 1.82) is 0 Å². The van der Waals surface area contributed by atoms with E-state index in [1.54, 1.807) is 0 Å². The summed E-state index contributed by atoms with van der Waals surface area (Å²) >= 11 is 0. The van der Waals surface area contributed by atoms with Gasteiger partial charge >= 0.3 is 0 Å². The molecule has 2 aromatic rings. The molecule has 0 saturated carbocycles. The van der Waals surface area contributed by atoms with Gasteiger partial charge in [0.25, 0.3) is 0 Å². The van der Waals surface area contributed by atoms with Crippen LogP contribution in [-0.4, -0.2) is 45.1 Å². The first-order valence-corrected chi connectivity index (χ1v) is 8.48. The first-order valence-electron chi connectivity index (χ1n) is 8.48. The summed E-state index contributed by atoms with van der Waals surface area (Å²) < 4.78 is 0. The molecule has 2 aromatic carbocycles. The number of nitrogens with one attached hydrogen (secondary N) is 1. The Labute approximate surface area is 144 Å². The van der Waals surface area contributed by atoms with Crippen molar-refractivity contribution < 1.29 is 0 Å². The highest BCUT2D eigenvalue weighted by Gasteiger charge is 2.23. The maximum atomic E-state index is 4.51. The zero-order valence-corrected chi connectivity index (χ0v) is 14.7. The van der Waals surface area contributed by atoms with Crippen molar-refractivity contribution in [2.45, 2.75) is 12.5 Å². The van der Waals surface area contributed by atoms with Crippen LogP contribution in [0, 0.1) is 0 Å². The molecule has 1 heterocycles. The molecule has 3 rings (SSSR count). The summed E-state index contributed by atoms with van der Waals surface area (Å²) in [6.45, 7) is 1.80. The van der Waals surface area contributed by atoms with Crippen LogP contribution in [0.15, 0.2) is 59.6 Å². The van der Waals surface area contributed by atoms with E-state index in [2.05, 4.69) is 88.8 Å². The molecule has 0 bridgehead atoms. The molecule has 0 amide bonds. The van der Waals surface area contributed by atoms with Crippen LogP contribution in [0.3, 0.4) is 0 Å². The van der Waals surface area contributed by atoms with Gasteiger partial charge in [-0.25, -0.2) is 0 Å². The lowest BCUT2D eigenvalue weighted by molar-refractivity contribution is 0.298. The maximum absolute atomic E-state index is 4.51. The van der Waals surface area contributed by atoms with Gasteiger partial charge in [0.1, 0.15) is 0 Å². The largest absolute Gasteiger partial charge is 0.354 e. The first kappa shape index (κ1) is 16.5. The molecule has 24 heavy (non-hydrogen) atoms. The fraction of sp³-hybridized carbons (Fsp3) is 0.350. The number of nitrogens with zero attached hydrogens (tertiary/aromatic N) is 3. The Hall–Kier alpha value is -2.33. The standard InChI is InChI=1S/C20H26N4/c1-21-20(24-14-13-17-11-7-8-12-18(17)24)22-15-19(23(2)3)16-9-5-4-6-10-16/h4-12,19H,13-15H2,1-3H3,(H,21,22). The van der Waals surface area contributed by atoms with E-state index in [1.165, 1.54) is 16.8 Å². The molecule has 1 aliphatic heterocycles. The molecule has 1 aliphatic rings. The second-order valence-corrected chi connectivity index (χ2v) is 6.35. The van der Waals surface area contributed by atoms with Crippen LogP contribution in [0.1, 0.15) is 17.2 Å². The van der Waals surface area contributed by atoms with Crippen LogP contribution in [0.2, 0.25) is 0 Å². The van der Waals surface area contributed by atoms with Gasteiger partial charge in [0, 0.05) is 25.8 Å². The third-order valence-corrected chi connectivity index (χ3v) is 4.62. The number of benzene rings is 2. The highest BCUT2D eigenvalue weighted by molar-refractivity contribution is 5.97. The lowest BCUT2D eigenvalue weighted by atomic mass is 10.1. The highest BCUT2D eigenvalue weighted by atomic mass is 15.3. The first-order chi connectivity index (χ1) is 11.7. The number of guanidine groups is 1. The second kappa shape index (κ2) is 7.49. The van der Waals surface area contributed by atoms with Crippen LogP contribution >= 0.6 is 0 Å². The Morgan fingerprint density at radius 2 is 1.83 bits per heavy atom. The zero-order chi connectivity index (χ0) is 16.9. The van der Waals surface area contributed by atoms with Gasteiger partial charge in [0.05, 0.1) is 6.04 Å². The van der Waals surface area contributed by atoms with Crippen LogP contribution in [0.25, 0.3) is 0 Å². The molecule has 1 N–H and O–H groups in total. The average molecular weight is 322 g/mol. The van der Waals surface area contributed by atoms with E-state index in [9.17, 15) is 0 Å². The predicted octanol–water partition coefficient (Wildman–Crippen LogP) is 2.93. The molecule has 126 valence electrons. The number of likely N-dealkylation sites (N-methyl/N-ethyl adjacent to an activating group) is 1. The van der Waals surface area contributed by atoms with Gasteiger partial charge in [0.2, 0.25) is 0 Å². The fourth-order valence-corrected chi connectivity index (χ4v) is 3.32. The minimum absolute atomic E-state index is 0.306. The van der Waals surface area contributed by atoms with Crippen molar-refractivity contribution in [3.05, 3.63) is 65.7 Å². The maximum Gasteiger partial charge on any atom is 0.198 e. The third kappa shape index (κ3) is 3.44. The minimum Gasteiger partial charge on any atom is -0.354 e. The van der Waals surface area contributed by atoms with E-state index in [1.807, 2.05) is 7.05 Å². The number of para-hydroxylation sites is 1. The number of aliphatic imine (C=N–C) groups is 1. The molecule has 4 heteroatoms. The fourth-order valence-electron chi connectivity index (χ4n) is 3.32. The molecule has 0 fully saturated rings. The summed E-state index contributed by atoms with van der Waals surface area (Å²) in [6.07, 6.45) is 1.08. The minimum atomic E-state index is 0.306. The number of rotatable bonds is 4. The summed E-state index contributed by atoms with van der Waals surface area (Å²) in [5.41, 5.74) is 3.98. The third-order valence-electron chi connectivity index (χ3n) is 4.62. The second-order valence-electron chi connectivity index (χ2n) is 6.35. The lowest BCUT2D eigenvalue weighted by Crippen LogP contribution is -2.44. The Morgan fingerprint density at radius 1 is 1.12 bits per heavy atom. The smallest absolute Gasteiger partial charge is 0.198 e. The number of hydrogen-bond donors (Lipinski definition) is 1. The molecule has 0 aromatic heterocycles. The van der Waals surface area contributed by atoms with Gasteiger partial charge < -0.3 is 15.1 Å². The molecular weight excluding hydrogens is 296 g/mol. The van der Waals surface area contributed by atoms with E-state index in [-0.39, 0.29) is 0 Å². The molecule has 0 radical (unpaired) electrons. The van der Waals surface area contributed by atoms with Crippen molar-refractivity contribution in [3.63, 3.8) is 0 Å². The van der Waals surface area contributed by atoms with Crippen LogP contribution in [0.4, 0.5) is 5.69 Å². The van der Waals surface area contributed by atoms with Crippen molar-refractivity contribution in [1.82, 2.24) is 10.2 Å². The molecule has 4 nitrogen and oxygen atoms in total. The normalized spacial score (nSPS) is 15.5. The van der Waals surface area contributed by atoms with E-state index in [4.69, 9.17) is 0 Å². The lowest BCUT2D eigenvalue weighted by Gasteiger charge is -2.28. The molecular formula is C20H26N4. The monoisotopic (exact) mass is 322 g/mol. The Bertz CT molecular complexity index is 694. The number of fused-ring (bicyclic) bond motifs is 1. The Kier molecular flexibility index (Phi) is 5.16. The number of hydrogen-bond acceptors (Lipinski definition) is 2. The van der Waals surface area contributed by atoms with Gasteiger partial charge in [0.15, 0.2) is 5.96 Å². The van der Waals surface area contributed by atoms with E-state index in [0.29, 0.717) is 6.04 Å². The highest BCUT2D eigenvalue weighted by Crippen LogP contribution is 2.27. The Morgan fingerprint density at radius 3 is 2.54 bits per heavy atom. The summed E-state index contributed by atoms with van der Waals surface area (Å²) in [5.74, 6) is 0.947. The van der Waals surface area contributed by atoms with Gasteiger partial charge in [-0.2, -0.15) is 0 Å². The topological polar surface area (TPSA) is 30.9 Å². The van der Waals surface area contributed by atoms with Crippen molar-refractivity contribution >= 4 is 11.6 Å². The van der Waals surface area contributed by atoms with Crippen molar-refractivity contribution in [2.75, 3.05) is 39.1 Å². The van der Waals surface area contributed by atoms with Gasteiger partial charge in [-0.3, -0.25) is 4.99 Å². The summed E-state index contributed by atoms with van der Waals surface area (Å²) in [4.78, 5) is 9.04. The average Bonchev–Trinajstić information content (AvgIpc) is 3.03. The van der Waals surface area contributed by atoms with Crippen molar-refractivity contribution in [3.8, 4) is 0 Å². The van der Waals surface area contributed by atoms with Gasteiger partial charge in [-0.15, -0.1) is 0 Å². The van der Waals surface area contributed by atoms with Crippen LogP contribution in [-0.2, 0) is 6.42 Å². The van der Waals surface area contributed by atoms with E-state index >= 15 is 0 Å². The van der Waals surface area contributed by atoms with E-state index < -0.39 is 0 Å². The molecule has 1 atom stereocenters. The SMILES string of the molecule is CN=C(NCC(c1ccccc1)N(C)C)N1CCc2ccccc21. The Balaban J connectivity index is 1.72. The van der Waals surface area contributed by atoms with Gasteiger partial charge in [-0.1, -0.05) is 48.5 Å². The summed E-state index contributed by atoms with van der Waals surface area (Å²) in [6, 6.07) is 19.5. The summed E-state index contributed by atoms with van der Waals surface area (Å²) in [5, 5.41) is 3.57. The van der Waals surface area contributed by atoms with Crippen LogP contribution < -0.4 is 10.2 Å². The van der Waals surface area contributed by atoms with Crippen molar-refractivity contribution in [2.24, 2.45) is 4.99 Å². The predicted molar refractivity (Wildman–Crippen MR) is 102 cm³/mol. The molecule has 0 spiro atoms. The van der Waals surface area contributed by atoms with Crippen LogP contribution in [0.5, 0.6) is 0 Å². The zero-order valence-electron chi connectivity index (χ0n) is 14.7. The quantitative estimate of drug-likeness (QED) is 0.693.